The van der Waals surface area contributed by atoms with Gasteiger partial charge in [0.25, 0.3) is 0 Å². The molecule has 1 aliphatic rings. The summed E-state index contributed by atoms with van der Waals surface area (Å²) >= 11 is 0. The number of hydrogen-bond donors (Lipinski definition) is 0. The number of ether oxygens (including phenoxy) is 2. The third kappa shape index (κ3) is 3.70. The van der Waals surface area contributed by atoms with Gasteiger partial charge in [-0.05, 0) is 40.2 Å². The zero-order chi connectivity index (χ0) is 13.5. The van der Waals surface area contributed by atoms with E-state index in [-0.39, 0.29) is 24.0 Å². The monoisotopic (exact) mass is 257 g/mol. The Morgan fingerprint density at radius 2 is 1.89 bits per heavy atom. The molecule has 2 unspecified atom stereocenters. The molecule has 0 aromatic carbocycles. The fourth-order valence-electron chi connectivity index (χ4n) is 2.31. The molecular formula is C13H23NO4. The molecule has 1 saturated heterocycles. The van der Waals surface area contributed by atoms with E-state index < -0.39 is 0 Å². The number of hydrogen-bond acceptors (Lipinski definition) is 5. The van der Waals surface area contributed by atoms with Crippen molar-refractivity contribution in [3.8, 4) is 0 Å². The molecule has 0 radical (unpaired) electrons. The van der Waals surface area contributed by atoms with Crippen molar-refractivity contribution in [3.63, 3.8) is 0 Å². The van der Waals surface area contributed by atoms with Gasteiger partial charge in [-0.15, -0.1) is 0 Å². The minimum absolute atomic E-state index is 0.228. The third-order valence-corrected chi connectivity index (χ3v) is 3.23. The summed E-state index contributed by atoms with van der Waals surface area (Å²) < 4.78 is 10.1. The first-order chi connectivity index (χ1) is 8.61. The molecule has 5 heteroatoms. The minimum Gasteiger partial charge on any atom is -0.465 e. The van der Waals surface area contributed by atoms with Crippen molar-refractivity contribution in [1.29, 1.82) is 0 Å². The van der Waals surface area contributed by atoms with E-state index in [0.29, 0.717) is 13.2 Å². The first kappa shape index (κ1) is 15.0. The van der Waals surface area contributed by atoms with Gasteiger partial charge >= 0.3 is 11.9 Å². The molecular weight excluding hydrogens is 234 g/mol. The number of likely N-dealkylation sites (tertiary alicyclic amines) is 1. The number of carbonyl (C=O) groups excluding carboxylic acids is 2. The Hall–Kier alpha value is -1.10. The smallest absolute Gasteiger partial charge is 0.323 e. The van der Waals surface area contributed by atoms with Gasteiger partial charge in [0.2, 0.25) is 0 Å². The van der Waals surface area contributed by atoms with Gasteiger partial charge in [-0.25, -0.2) is 0 Å². The van der Waals surface area contributed by atoms with Gasteiger partial charge in [0.15, 0.2) is 0 Å². The average Bonchev–Trinajstić information content (AvgIpc) is 2.38. The maximum atomic E-state index is 11.9. The maximum Gasteiger partial charge on any atom is 0.323 e. The number of nitrogens with zero attached hydrogens (tertiary/aromatic N) is 1. The Morgan fingerprint density at radius 3 is 2.50 bits per heavy atom. The van der Waals surface area contributed by atoms with E-state index in [2.05, 4.69) is 0 Å². The van der Waals surface area contributed by atoms with Gasteiger partial charge in [-0.3, -0.25) is 14.5 Å². The van der Waals surface area contributed by atoms with Crippen LogP contribution in [0.25, 0.3) is 0 Å². The lowest BCUT2D eigenvalue weighted by molar-refractivity contribution is -0.158. The fourth-order valence-corrected chi connectivity index (χ4v) is 2.31. The lowest BCUT2D eigenvalue weighted by Crippen LogP contribution is -2.52. The predicted molar refractivity (Wildman–Crippen MR) is 67.1 cm³/mol. The van der Waals surface area contributed by atoms with E-state index in [0.717, 1.165) is 25.8 Å². The van der Waals surface area contributed by atoms with Gasteiger partial charge in [-0.2, -0.15) is 0 Å². The van der Waals surface area contributed by atoms with E-state index >= 15 is 0 Å². The molecule has 2 atom stereocenters. The van der Waals surface area contributed by atoms with Crippen LogP contribution >= 0.6 is 0 Å². The van der Waals surface area contributed by atoms with Gasteiger partial charge in [0, 0.05) is 0 Å². The van der Waals surface area contributed by atoms with E-state index in [9.17, 15) is 9.59 Å². The summed E-state index contributed by atoms with van der Waals surface area (Å²) in [6, 6.07) is -0.697. The summed E-state index contributed by atoms with van der Waals surface area (Å²) in [5.74, 6) is -0.498. The van der Waals surface area contributed by atoms with Crippen LogP contribution in [0.1, 0.15) is 40.0 Å². The van der Waals surface area contributed by atoms with Crippen molar-refractivity contribution in [2.45, 2.75) is 52.1 Å². The SMILES string of the molecule is CCOC(=O)C(C)N1CCCCC1C(=O)OCC. The summed E-state index contributed by atoms with van der Waals surface area (Å²) in [7, 11) is 0. The molecule has 1 heterocycles. The lowest BCUT2D eigenvalue weighted by atomic mass is 10.00. The van der Waals surface area contributed by atoms with Crippen LogP contribution in [0.5, 0.6) is 0 Å². The van der Waals surface area contributed by atoms with Crippen LogP contribution < -0.4 is 0 Å². The van der Waals surface area contributed by atoms with Crippen LogP contribution in [-0.4, -0.2) is 48.7 Å². The number of piperidine rings is 1. The first-order valence-electron chi connectivity index (χ1n) is 6.70. The fraction of sp³-hybridized carbons (Fsp3) is 0.846. The molecule has 1 rings (SSSR count). The summed E-state index contributed by atoms with van der Waals surface area (Å²) in [4.78, 5) is 25.5. The second kappa shape index (κ2) is 7.36. The maximum absolute atomic E-state index is 11.9. The van der Waals surface area contributed by atoms with Crippen LogP contribution in [0.15, 0.2) is 0 Å². The Bertz CT molecular complexity index is 293. The molecule has 1 fully saturated rings. The Balaban J connectivity index is 2.69. The number of rotatable bonds is 5. The molecule has 0 aliphatic carbocycles. The number of carbonyl (C=O) groups is 2. The normalized spacial score (nSPS) is 22.3. The van der Waals surface area contributed by atoms with Crippen molar-refractivity contribution < 1.29 is 19.1 Å². The third-order valence-electron chi connectivity index (χ3n) is 3.23. The Kier molecular flexibility index (Phi) is 6.12. The quantitative estimate of drug-likeness (QED) is 0.696. The minimum atomic E-state index is -0.389. The van der Waals surface area contributed by atoms with Crippen LogP contribution in [-0.2, 0) is 19.1 Å². The average molecular weight is 257 g/mol. The summed E-state index contributed by atoms with van der Waals surface area (Å²) in [6.07, 6.45) is 2.75. The van der Waals surface area contributed by atoms with Gasteiger partial charge < -0.3 is 9.47 Å². The first-order valence-corrected chi connectivity index (χ1v) is 6.70. The molecule has 0 aromatic rings. The zero-order valence-electron chi connectivity index (χ0n) is 11.5. The van der Waals surface area contributed by atoms with E-state index in [1.807, 2.05) is 4.90 Å². The topological polar surface area (TPSA) is 55.8 Å². The van der Waals surface area contributed by atoms with Crippen LogP contribution in [0.3, 0.4) is 0 Å². The van der Waals surface area contributed by atoms with E-state index in [1.165, 1.54) is 0 Å². The van der Waals surface area contributed by atoms with E-state index in [4.69, 9.17) is 9.47 Å². The van der Waals surface area contributed by atoms with Gasteiger partial charge in [0.1, 0.15) is 12.1 Å². The number of esters is 2. The van der Waals surface area contributed by atoms with Crippen molar-refractivity contribution in [1.82, 2.24) is 4.90 Å². The lowest BCUT2D eigenvalue weighted by Gasteiger charge is -2.36. The van der Waals surface area contributed by atoms with Crippen LogP contribution in [0.4, 0.5) is 0 Å². The molecule has 0 spiro atoms. The second-order valence-corrected chi connectivity index (χ2v) is 4.43. The van der Waals surface area contributed by atoms with Crippen molar-refractivity contribution in [2.75, 3.05) is 19.8 Å². The Morgan fingerprint density at radius 1 is 1.22 bits per heavy atom. The zero-order valence-corrected chi connectivity index (χ0v) is 11.5. The highest BCUT2D eigenvalue weighted by molar-refractivity contribution is 5.79. The van der Waals surface area contributed by atoms with Crippen LogP contribution in [0, 0.1) is 0 Å². The molecule has 0 bridgehead atoms. The largest absolute Gasteiger partial charge is 0.465 e. The highest BCUT2D eigenvalue weighted by Crippen LogP contribution is 2.21. The van der Waals surface area contributed by atoms with Crippen molar-refractivity contribution >= 4 is 11.9 Å². The van der Waals surface area contributed by atoms with Gasteiger partial charge in [0.05, 0.1) is 13.2 Å². The molecule has 5 nitrogen and oxygen atoms in total. The molecule has 0 saturated carbocycles. The predicted octanol–water partition coefficient (Wildman–Crippen LogP) is 1.36. The van der Waals surface area contributed by atoms with Crippen LogP contribution in [0.2, 0.25) is 0 Å². The molecule has 18 heavy (non-hydrogen) atoms. The molecule has 0 N–H and O–H groups in total. The Labute approximate surface area is 108 Å². The van der Waals surface area contributed by atoms with E-state index in [1.54, 1.807) is 20.8 Å². The molecule has 1 aliphatic heterocycles. The standard InChI is InChI=1S/C13H23NO4/c1-4-17-12(15)10(3)14-9-7-6-8-11(14)13(16)18-5-2/h10-11H,4-9H2,1-3H3. The summed E-state index contributed by atoms with van der Waals surface area (Å²) in [5, 5.41) is 0. The highest BCUT2D eigenvalue weighted by Gasteiger charge is 2.35. The van der Waals surface area contributed by atoms with Crippen molar-refractivity contribution in [2.24, 2.45) is 0 Å². The summed E-state index contributed by atoms with van der Waals surface area (Å²) in [6.45, 7) is 6.83. The second-order valence-electron chi connectivity index (χ2n) is 4.43. The molecule has 104 valence electrons. The summed E-state index contributed by atoms with van der Waals surface area (Å²) in [5.41, 5.74) is 0. The van der Waals surface area contributed by atoms with Crippen molar-refractivity contribution in [3.05, 3.63) is 0 Å². The molecule has 0 amide bonds. The van der Waals surface area contributed by atoms with Gasteiger partial charge in [-0.1, -0.05) is 6.42 Å². The molecule has 0 aromatic heterocycles. The highest BCUT2D eigenvalue weighted by atomic mass is 16.5.